The molecule has 3 aromatic rings. The summed E-state index contributed by atoms with van der Waals surface area (Å²) in [6.07, 6.45) is -1.15. The van der Waals surface area contributed by atoms with Gasteiger partial charge < -0.3 is 20.1 Å². The van der Waals surface area contributed by atoms with E-state index in [9.17, 15) is 4.79 Å². The predicted octanol–water partition coefficient (Wildman–Crippen LogP) is 2.80. The van der Waals surface area contributed by atoms with Crippen molar-refractivity contribution in [2.45, 2.75) is 6.54 Å². The van der Waals surface area contributed by atoms with Gasteiger partial charge in [-0.15, -0.1) is 0 Å². The van der Waals surface area contributed by atoms with Crippen molar-refractivity contribution in [3.8, 4) is 16.9 Å². The van der Waals surface area contributed by atoms with E-state index in [0.717, 1.165) is 41.0 Å². The highest BCUT2D eigenvalue weighted by Gasteiger charge is 2.11. The summed E-state index contributed by atoms with van der Waals surface area (Å²) in [5, 5.41) is 14.3. The Labute approximate surface area is 137 Å². The average Bonchev–Trinajstić information content (AvgIpc) is 2.80. The molecule has 0 saturated heterocycles. The van der Waals surface area contributed by atoms with Crippen LogP contribution < -0.4 is 15.4 Å². The number of fused-ring (bicyclic) bond motifs is 2. The first-order valence-corrected chi connectivity index (χ1v) is 7.65. The Bertz CT molecular complexity index is 919. The van der Waals surface area contributed by atoms with Crippen molar-refractivity contribution >= 4 is 23.1 Å². The van der Waals surface area contributed by atoms with Gasteiger partial charge in [0.05, 0.1) is 11.0 Å². The third-order valence-corrected chi connectivity index (χ3v) is 3.95. The van der Waals surface area contributed by atoms with Gasteiger partial charge in [0.15, 0.2) is 0 Å². The molecule has 1 aliphatic rings. The molecule has 0 aliphatic carbocycles. The summed E-state index contributed by atoms with van der Waals surface area (Å²) in [6.45, 7) is 2.29. The van der Waals surface area contributed by atoms with E-state index in [1.54, 1.807) is 0 Å². The zero-order chi connectivity index (χ0) is 16.5. The standard InChI is InChI=1S/C17H16N4O3/c22-17(23)21-16-19-13-3-1-11(8-14(13)20-16)10-2-4-15-12(7-10)9-18-5-6-24-15/h1-4,7-8,18H,5-6,9H2,(H,22,23)(H2,19,20,21). The number of hydrogen-bond acceptors (Lipinski definition) is 4. The number of aromatic nitrogens is 2. The smallest absolute Gasteiger partial charge is 0.411 e. The molecule has 7 heteroatoms. The number of carbonyl (C=O) groups is 1. The van der Waals surface area contributed by atoms with E-state index < -0.39 is 6.09 Å². The Morgan fingerprint density at radius 1 is 1.21 bits per heavy atom. The van der Waals surface area contributed by atoms with Crippen LogP contribution in [0.1, 0.15) is 5.56 Å². The minimum absolute atomic E-state index is 0.217. The molecule has 24 heavy (non-hydrogen) atoms. The largest absolute Gasteiger partial charge is 0.492 e. The number of amides is 1. The molecule has 2 heterocycles. The van der Waals surface area contributed by atoms with E-state index in [-0.39, 0.29) is 5.95 Å². The molecule has 0 saturated carbocycles. The minimum Gasteiger partial charge on any atom is -0.492 e. The van der Waals surface area contributed by atoms with Crippen LogP contribution in [-0.2, 0) is 6.54 Å². The van der Waals surface area contributed by atoms with Crippen LogP contribution in [0.25, 0.3) is 22.2 Å². The summed E-state index contributed by atoms with van der Waals surface area (Å²) >= 11 is 0. The maximum atomic E-state index is 10.7. The Kier molecular flexibility index (Phi) is 3.55. The van der Waals surface area contributed by atoms with E-state index in [4.69, 9.17) is 9.84 Å². The maximum absolute atomic E-state index is 10.7. The molecule has 0 bridgehead atoms. The number of nitrogens with zero attached hydrogens (tertiary/aromatic N) is 1. The zero-order valence-electron chi connectivity index (χ0n) is 12.8. The lowest BCUT2D eigenvalue weighted by atomic mass is 10.0. The highest BCUT2D eigenvalue weighted by atomic mass is 16.5. The van der Waals surface area contributed by atoms with Crippen LogP contribution in [0.15, 0.2) is 36.4 Å². The van der Waals surface area contributed by atoms with Crippen molar-refractivity contribution in [3.63, 3.8) is 0 Å². The fourth-order valence-electron chi connectivity index (χ4n) is 2.84. The second kappa shape index (κ2) is 5.86. The molecular weight excluding hydrogens is 308 g/mol. The summed E-state index contributed by atoms with van der Waals surface area (Å²) in [5.74, 6) is 1.13. The number of nitrogens with one attached hydrogen (secondary N) is 3. The number of imidazole rings is 1. The van der Waals surface area contributed by atoms with Gasteiger partial charge in [0.25, 0.3) is 0 Å². The van der Waals surface area contributed by atoms with Crippen LogP contribution in [-0.4, -0.2) is 34.3 Å². The number of benzene rings is 2. The first-order valence-electron chi connectivity index (χ1n) is 7.65. The Balaban J connectivity index is 1.71. The Morgan fingerprint density at radius 2 is 2.04 bits per heavy atom. The number of H-pyrrole nitrogens is 1. The second-order valence-corrected chi connectivity index (χ2v) is 5.60. The van der Waals surface area contributed by atoms with Gasteiger partial charge in [-0.3, -0.25) is 5.32 Å². The van der Waals surface area contributed by atoms with Gasteiger partial charge >= 0.3 is 6.09 Å². The molecule has 0 fully saturated rings. The minimum atomic E-state index is -1.15. The van der Waals surface area contributed by atoms with Crippen LogP contribution in [0.3, 0.4) is 0 Å². The quantitative estimate of drug-likeness (QED) is 0.581. The average molecular weight is 324 g/mol. The normalized spacial score (nSPS) is 13.8. The van der Waals surface area contributed by atoms with Crippen LogP contribution in [0, 0.1) is 0 Å². The summed E-state index contributed by atoms with van der Waals surface area (Å²) in [4.78, 5) is 17.9. The third kappa shape index (κ3) is 2.77. The van der Waals surface area contributed by atoms with Gasteiger partial charge in [-0.25, -0.2) is 9.78 Å². The van der Waals surface area contributed by atoms with Gasteiger partial charge in [-0.05, 0) is 35.4 Å². The molecule has 1 aromatic heterocycles. The first-order chi connectivity index (χ1) is 11.7. The van der Waals surface area contributed by atoms with Crippen molar-refractivity contribution in [1.82, 2.24) is 15.3 Å². The van der Waals surface area contributed by atoms with Crippen LogP contribution >= 0.6 is 0 Å². The van der Waals surface area contributed by atoms with Crippen molar-refractivity contribution < 1.29 is 14.6 Å². The van der Waals surface area contributed by atoms with Crippen LogP contribution in [0.2, 0.25) is 0 Å². The van der Waals surface area contributed by atoms with Crippen molar-refractivity contribution in [2.24, 2.45) is 0 Å². The second-order valence-electron chi connectivity index (χ2n) is 5.60. The number of ether oxygens (including phenoxy) is 1. The van der Waals surface area contributed by atoms with Crippen molar-refractivity contribution in [1.29, 1.82) is 0 Å². The highest BCUT2D eigenvalue weighted by Crippen LogP contribution is 2.29. The van der Waals surface area contributed by atoms with Gasteiger partial charge in [-0.2, -0.15) is 0 Å². The summed E-state index contributed by atoms with van der Waals surface area (Å²) in [6, 6.07) is 11.9. The molecular formula is C17H16N4O3. The summed E-state index contributed by atoms with van der Waals surface area (Å²) in [5.41, 5.74) is 4.70. The lowest BCUT2D eigenvalue weighted by Crippen LogP contribution is -2.16. The molecule has 0 spiro atoms. The van der Waals surface area contributed by atoms with Crippen molar-refractivity contribution in [2.75, 3.05) is 18.5 Å². The van der Waals surface area contributed by atoms with Gasteiger partial charge in [0.2, 0.25) is 5.95 Å². The molecule has 0 unspecified atom stereocenters. The van der Waals surface area contributed by atoms with Gasteiger partial charge in [0, 0.05) is 18.7 Å². The Morgan fingerprint density at radius 3 is 2.92 bits per heavy atom. The number of hydrogen-bond donors (Lipinski definition) is 4. The molecule has 2 aromatic carbocycles. The van der Waals surface area contributed by atoms with E-state index >= 15 is 0 Å². The van der Waals surface area contributed by atoms with Crippen LogP contribution in [0.5, 0.6) is 5.75 Å². The van der Waals surface area contributed by atoms with E-state index in [2.05, 4.69) is 26.7 Å². The SMILES string of the molecule is O=C(O)Nc1nc2cc(-c3ccc4c(c3)CNCCO4)ccc2[nH]1. The number of aromatic amines is 1. The number of carboxylic acid groups (broad SMARTS) is 1. The number of rotatable bonds is 2. The molecule has 122 valence electrons. The van der Waals surface area contributed by atoms with E-state index in [1.165, 1.54) is 0 Å². The lowest BCUT2D eigenvalue weighted by molar-refractivity contribution is 0.209. The fraction of sp³-hybridized carbons (Fsp3) is 0.176. The molecule has 0 atom stereocenters. The summed E-state index contributed by atoms with van der Waals surface area (Å²) < 4.78 is 5.71. The molecule has 7 nitrogen and oxygen atoms in total. The summed E-state index contributed by atoms with van der Waals surface area (Å²) in [7, 11) is 0. The fourth-order valence-corrected chi connectivity index (χ4v) is 2.84. The lowest BCUT2D eigenvalue weighted by Gasteiger charge is -2.09. The topological polar surface area (TPSA) is 99.3 Å². The highest BCUT2D eigenvalue weighted by molar-refractivity contribution is 5.87. The first kappa shape index (κ1) is 14.5. The van der Waals surface area contributed by atoms with Gasteiger partial charge in [0.1, 0.15) is 12.4 Å². The Hall–Kier alpha value is -3.06. The number of anilines is 1. The van der Waals surface area contributed by atoms with E-state index in [1.807, 2.05) is 30.3 Å². The monoisotopic (exact) mass is 324 g/mol. The predicted molar refractivity (Wildman–Crippen MR) is 90.4 cm³/mol. The van der Waals surface area contributed by atoms with Crippen LogP contribution in [0.4, 0.5) is 10.7 Å². The maximum Gasteiger partial charge on any atom is 0.411 e. The molecule has 1 aliphatic heterocycles. The molecule has 0 radical (unpaired) electrons. The molecule has 1 amide bonds. The molecule has 4 rings (SSSR count). The van der Waals surface area contributed by atoms with E-state index in [0.29, 0.717) is 12.1 Å². The van der Waals surface area contributed by atoms with Crippen molar-refractivity contribution in [3.05, 3.63) is 42.0 Å². The molecule has 4 N–H and O–H groups in total. The third-order valence-electron chi connectivity index (χ3n) is 3.95. The van der Waals surface area contributed by atoms with Gasteiger partial charge in [-0.1, -0.05) is 12.1 Å². The zero-order valence-corrected chi connectivity index (χ0v) is 12.8.